The van der Waals surface area contributed by atoms with Crippen molar-refractivity contribution in [3.8, 4) is 0 Å². The minimum atomic E-state index is -5.22. The summed E-state index contributed by atoms with van der Waals surface area (Å²) in [5.74, 6) is -6.39. The molecule has 1 unspecified atom stereocenters. The van der Waals surface area contributed by atoms with E-state index in [-0.39, 0.29) is 40.1 Å². The van der Waals surface area contributed by atoms with Crippen molar-refractivity contribution in [1.29, 1.82) is 0 Å². The molecular weight excluding hydrogens is 545 g/mol. The topological polar surface area (TPSA) is 63.6 Å². The Morgan fingerprint density at radius 2 is 1.69 bits per heavy atom. The maximum absolute atomic E-state index is 14.1. The van der Waals surface area contributed by atoms with E-state index in [0.29, 0.717) is 0 Å². The zero-order valence-electron chi connectivity index (χ0n) is 19.6. The van der Waals surface area contributed by atoms with Crippen LogP contribution >= 0.6 is 0 Å². The van der Waals surface area contributed by atoms with E-state index in [2.05, 4.69) is 20.3 Å². The highest BCUT2D eigenvalue weighted by Gasteiger charge is 2.62. The van der Waals surface area contributed by atoms with E-state index < -0.39 is 65.4 Å². The number of aryl methyl sites for hydroxylation is 1. The Morgan fingerprint density at radius 1 is 1.03 bits per heavy atom. The summed E-state index contributed by atoms with van der Waals surface area (Å²) in [6.45, 7) is 0.934. The van der Waals surface area contributed by atoms with Crippen molar-refractivity contribution in [2.75, 3.05) is 0 Å². The lowest BCUT2D eigenvalue weighted by Crippen LogP contribution is -2.43. The maximum atomic E-state index is 14.1. The van der Waals surface area contributed by atoms with Gasteiger partial charge in [-0.05, 0) is 48.4 Å². The summed E-state index contributed by atoms with van der Waals surface area (Å²) in [6, 6.07) is 4.86. The molecular formula is C25H16F9N3O2. The number of oxime groups is 1. The largest absolute Gasteiger partial charge is 0.435 e. The van der Waals surface area contributed by atoms with Crippen molar-refractivity contribution in [1.82, 2.24) is 10.3 Å². The van der Waals surface area contributed by atoms with E-state index in [4.69, 9.17) is 0 Å². The quantitative estimate of drug-likeness (QED) is 0.292. The highest BCUT2D eigenvalue weighted by atomic mass is 19.4. The fourth-order valence-electron chi connectivity index (χ4n) is 4.06. The summed E-state index contributed by atoms with van der Waals surface area (Å²) in [7, 11) is 0. The van der Waals surface area contributed by atoms with Gasteiger partial charge in [-0.15, -0.1) is 0 Å². The monoisotopic (exact) mass is 561 g/mol. The molecule has 5 nitrogen and oxygen atoms in total. The Kier molecular flexibility index (Phi) is 7.08. The van der Waals surface area contributed by atoms with Gasteiger partial charge in [-0.1, -0.05) is 11.2 Å². The fourth-order valence-corrected chi connectivity index (χ4v) is 4.06. The van der Waals surface area contributed by atoms with Gasteiger partial charge in [-0.2, -0.15) is 26.3 Å². The zero-order valence-corrected chi connectivity index (χ0v) is 19.6. The van der Waals surface area contributed by atoms with Crippen LogP contribution in [0.15, 0.2) is 53.9 Å². The standard InChI is InChI=1S/C25H16F9N3O2/c1-12-6-13(2-3-16(12)22(38)36-11-14-10-35-5-4-17(14)24(29,30)31)20-9-23(39-37-20,25(32,33)34)15-7-18(26)21(28)19(27)8-15/h2-8,10H,9,11H2,1H3,(H,36,38). The number of nitrogens with one attached hydrogen (secondary N) is 1. The summed E-state index contributed by atoms with van der Waals surface area (Å²) in [5.41, 5.74) is -5.55. The molecule has 0 saturated carbocycles. The number of carbonyl (C=O) groups is 1. The van der Waals surface area contributed by atoms with Crippen LogP contribution in [0.4, 0.5) is 39.5 Å². The number of hydrogen-bond donors (Lipinski definition) is 1. The van der Waals surface area contributed by atoms with Gasteiger partial charge in [0.25, 0.3) is 11.5 Å². The normalized spacial score (nSPS) is 17.5. The van der Waals surface area contributed by atoms with Crippen LogP contribution in [0.5, 0.6) is 0 Å². The third-order valence-corrected chi connectivity index (χ3v) is 6.09. The van der Waals surface area contributed by atoms with E-state index >= 15 is 0 Å². The van der Waals surface area contributed by atoms with Crippen LogP contribution in [0.3, 0.4) is 0 Å². The first-order valence-electron chi connectivity index (χ1n) is 11.0. The number of nitrogens with zero attached hydrogens (tertiary/aromatic N) is 2. The molecule has 1 aliphatic heterocycles. The Balaban J connectivity index is 1.55. The van der Waals surface area contributed by atoms with Crippen molar-refractivity contribution in [3.05, 3.63) is 99.6 Å². The average molecular weight is 561 g/mol. The van der Waals surface area contributed by atoms with E-state index in [1.54, 1.807) is 0 Å². The number of rotatable bonds is 5. The second kappa shape index (κ2) is 9.89. The van der Waals surface area contributed by atoms with E-state index in [0.717, 1.165) is 18.5 Å². The average Bonchev–Trinajstić information content (AvgIpc) is 3.32. The molecule has 0 fully saturated rings. The number of alkyl halides is 6. The van der Waals surface area contributed by atoms with E-state index in [9.17, 15) is 44.3 Å². The molecule has 1 atom stereocenters. The van der Waals surface area contributed by atoms with Crippen molar-refractivity contribution in [2.24, 2.45) is 5.16 Å². The van der Waals surface area contributed by atoms with Gasteiger partial charge in [0.15, 0.2) is 17.5 Å². The van der Waals surface area contributed by atoms with Gasteiger partial charge >= 0.3 is 12.4 Å². The Bertz CT molecular complexity index is 1440. The van der Waals surface area contributed by atoms with Gasteiger partial charge in [0.05, 0.1) is 11.3 Å². The number of carbonyl (C=O) groups excluding carboxylic acids is 1. The number of hydrogen-bond acceptors (Lipinski definition) is 4. The second-order valence-corrected chi connectivity index (χ2v) is 8.63. The number of halogens is 9. The van der Waals surface area contributed by atoms with Crippen molar-refractivity contribution >= 4 is 11.6 Å². The summed E-state index contributed by atoms with van der Waals surface area (Å²) in [5, 5.41) is 5.80. The lowest BCUT2D eigenvalue weighted by Gasteiger charge is -2.29. The minimum absolute atomic E-state index is 0.0143. The molecule has 1 aromatic heterocycles. The smallest absolute Gasteiger partial charge is 0.374 e. The molecule has 1 aliphatic rings. The Morgan fingerprint density at radius 3 is 2.28 bits per heavy atom. The number of amides is 1. The molecule has 0 radical (unpaired) electrons. The molecule has 0 aliphatic carbocycles. The molecule has 0 bridgehead atoms. The van der Waals surface area contributed by atoms with Gasteiger partial charge in [0.1, 0.15) is 0 Å². The third kappa shape index (κ3) is 5.27. The number of aromatic nitrogens is 1. The van der Waals surface area contributed by atoms with Gasteiger partial charge in [-0.3, -0.25) is 9.78 Å². The summed E-state index contributed by atoms with van der Waals surface area (Å²) in [6.07, 6.45) is -8.98. The number of pyridine rings is 1. The molecule has 2 aromatic carbocycles. The molecule has 206 valence electrons. The van der Waals surface area contributed by atoms with Crippen LogP contribution in [0.2, 0.25) is 0 Å². The van der Waals surface area contributed by atoms with Gasteiger partial charge in [-0.25, -0.2) is 13.2 Å². The summed E-state index contributed by atoms with van der Waals surface area (Å²) >= 11 is 0. The zero-order chi connectivity index (χ0) is 28.8. The number of benzene rings is 2. The van der Waals surface area contributed by atoms with Gasteiger partial charge < -0.3 is 10.2 Å². The van der Waals surface area contributed by atoms with E-state index in [1.165, 1.54) is 25.1 Å². The van der Waals surface area contributed by atoms with Crippen LogP contribution in [0.1, 0.15) is 44.6 Å². The molecule has 14 heteroatoms. The highest BCUT2D eigenvalue weighted by Crippen LogP contribution is 2.49. The molecule has 0 spiro atoms. The van der Waals surface area contributed by atoms with E-state index in [1.807, 2.05) is 0 Å². The molecule has 3 aromatic rings. The lowest BCUT2D eigenvalue weighted by molar-refractivity contribution is -0.276. The van der Waals surface area contributed by atoms with Crippen LogP contribution < -0.4 is 5.32 Å². The third-order valence-electron chi connectivity index (χ3n) is 6.09. The minimum Gasteiger partial charge on any atom is -0.374 e. The van der Waals surface area contributed by atoms with Crippen LogP contribution in [0.25, 0.3) is 0 Å². The predicted molar refractivity (Wildman–Crippen MR) is 118 cm³/mol. The Labute approximate surface area is 214 Å². The van der Waals surface area contributed by atoms with Gasteiger partial charge in [0, 0.05) is 42.0 Å². The van der Waals surface area contributed by atoms with Crippen molar-refractivity contribution < 1.29 is 49.1 Å². The highest BCUT2D eigenvalue weighted by molar-refractivity contribution is 6.03. The second-order valence-electron chi connectivity index (χ2n) is 8.63. The molecule has 0 saturated heterocycles. The fraction of sp³-hybridized carbons (Fsp3) is 0.240. The van der Waals surface area contributed by atoms with Crippen LogP contribution in [-0.4, -0.2) is 22.8 Å². The summed E-state index contributed by atoms with van der Waals surface area (Å²) < 4.78 is 122. The first-order valence-corrected chi connectivity index (χ1v) is 11.0. The van der Waals surface area contributed by atoms with Crippen molar-refractivity contribution in [2.45, 2.75) is 37.8 Å². The first-order chi connectivity index (χ1) is 18.1. The van der Waals surface area contributed by atoms with Crippen LogP contribution in [-0.2, 0) is 23.2 Å². The van der Waals surface area contributed by atoms with Crippen LogP contribution in [0, 0.1) is 24.4 Å². The molecule has 1 N–H and O–H groups in total. The Hall–Kier alpha value is -4.10. The molecule has 39 heavy (non-hydrogen) atoms. The lowest BCUT2D eigenvalue weighted by atomic mass is 9.86. The SMILES string of the molecule is Cc1cc(C2=NOC(c3cc(F)c(F)c(F)c3)(C(F)(F)F)C2)ccc1C(=O)NCc1cnccc1C(F)(F)F. The molecule has 4 rings (SSSR count). The maximum Gasteiger partial charge on any atom is 0.435 e. The predicted octanol–water partition coefficient (Wildman–Crippen LogP) is 6.34. The first kappa shape index (κ1) is 27.9. The molecule has 1 amide bonds. The van der Waals surface area contributed by atoms with Gasteiger partial charge in [0.2, 0.25) is 0 Å². The summed E-state index contributed by atoms with van der Waals surface area (Å²) in [4.78, 5) is 20.9. The van der Waals surface area contributed by atoms with Crippen molar-refractivity contribution in [3.63, 3.8) is 0 Å². The molecule has 2 heterocycles.